The van der Waals surface area contributed by atoms with Crippen LogP contribution in [0.25, 0.3) is 0 Å². The molecular formula is C50H95NO5. The van der Waals surface area contributed by atoms with Crippen molar-refractivity contribution in [1.29, 1.82) is 0 Å². The summed E-state index contributed by atoms with van der Waals surface area (Å²) in [5, 5.41) is 23.6. The Morgan fingerprint density at radius 2 is 0.893 bits per heavy atom. The maximum Gasteiger partial charge on any atom is 0.306 e. The van der Waals surface area contributed by atoms with E-state index in [2.05, 4.69) is 50.4 Å². The molecular weight excluding hydrogens is 695 g/mol. The lowest BCUT2D eigenvalue weighted by Gasteiger charge is -2.24. The van der Waals surface area contributed by atoms with Crippen LogP contribution in [0, 0.1) is 0 Å². The van der Waals surface area contributed by atoms with Crippen molar-refractivity contribution in [3.63, 3.8) is 0 Å². The highest BCUT2D eigenvalue weighted by Gasteiger charge is 2.24. The zero-order valence-electron chi connectivity index (χ0n) is 37.5. The highest BCUT2D eigenvalue weighted by Crippen LogP contribution is 2.18. The van der Waals surface area contributed by atoms with E-state index in [0.29, 0.717) is 19.3 Å². The predicted molar refractivity (Wildman–Crippen MR) is 241 cm³/mol. The van der Waals surface area contributed by atoms with Gasteiger partial charge in [0.1, 0.15) is 6.10 Å². The van der Waals surface area contributed by atoms with E-state index in [1.807, 2.05) is 0 Å². The fourth-order valence-electron chi connectivity index (χ4n) is 7.54. The highest BCUT2D eigenvalue weighted by molar-refractivity contribution is 5.77. The van der Waals surface area contributed by atoms with Crippen LogP contribution in [-0.2, 0) is 14.3 Å². The van der Waals surface area contributed by atoms with Crippen molar-refractivity contribution in [2.45, 2.75) is 277 Å². The van der Waals surface area contributed by atoms with Crippen LogP contribution < -0.4 is 5.32 Å². The van der Waals surface area contributed by atoms with Gasteiger partial charge in [0.15, 0.2) is 0 Å². The van der Waals surface area contributed by atoms with E-state index in [0.717, 1.165) is 57.8 Å². The quantitative estimate of drug-likeness (QED) is 0.0324. The number of aliphatic hydroxyl groups excluding tert-OH is 2. The summed E-state index contributed by atoms with van der Waals surface area (Å²) in [6.07, 6.45) is 49.6. The van der Waals surface area contributed by atoms with Gasteiger partial charge in [-0.1, -0.05) is 218 Å². The lowest BCUT2D eigenvalue weighted by atomic mass is 10.0. The first-order valence-electron chi connectivity index (χ1n) is 24.6. The molecule has 0 radical (unpaired) electrons. The number of esters is 1. The molecule has 0 bridgehead atoms. The summed E-state index contributed by atoms with van der Waals surface area (Å²) >= 11 is 0. The average molecular weight is 790 g/mol. The molecule has 0 aromatic carbocycles. The van der Waals surface area contributed by atoms with Gasteiger partial charge in [-0.2, -0.15) is 0 Å². The Morgan fingerprint density at radius 1 is 0.518 bits per heavy atom. The van der Waals surface area contributed by atoms with Gasteiger partial charge < -0.3 is 20.3 Å². The summed E-state index contributed by atoms with van der Waals surface area (Å²) in [6, 6.07) is -0.697. The number of hydrogen-bond donors (Lipinski definition) is 3. The van der Waals surface area contributed by atoms with Crippen LogP contribution >= 0.6 is 0 Å². The van der Waals surface area contributed by atoms with E-state index >= 15 is 0 Å². The SMILES string of the molecule is CCCCCCCCC/C=C/C=C/CCCCCCCC(=O)OC(CCCCCCCCC)CC(=O)NC(CO)C(O)CCCCCCCCCCCCCC. The molecule has 56 heavy (non-hydrogen) atoms. The smallest absolute Gasteiger partial charge is 0.306 e. The maximum absolute atomic E-state index is 13.1. The first kappa shape index (κ1) is 54.3. The maximum atomic E-state index is 13.1. The minimum atomic E-state index is -0.784. The van der Waals surface area contributed by atoms with Gasteiger partial charge in [-0.15, -0.1) is 0 Å². The Hall–Kier alpha value is -1.66. The van der Waals surface area contributed by atoms with Gasteiger partial charge in [-0.3, -0.25) is 9.59 Å². The number of rotatable bonds is 44. The van der Waals surface area contributed by atoms with Crippen LogP contribution in [-0.4, -0.2) is 46.9 Å². The minimum Gasteiger partial charge on any atom is -0.462 e. The number of carbonyl (C=O) groups is 2. The van der Waals surface area contributed by atoms with Crippen LogP contribution in [0.1, 0.15) is 258 Å². The second-order valence-electron chi connectivity index (χ2n) is 16.9. The van der Waals surface area contributed by atoms with E-state index in [1.165, 1.54) is 154 Å². The average Bonchev–Trinajstić information content (AvgIpc) is 3.19. The van der Waals surface area contributed by atoms with Crippen molar-refractivity contribution in [3.8, 4) is 0 Å². The van der Waals surface area contributed by atoms with Crippen LogP contribution in [0.2, 0.25) is 0 Å². The molecule has 0 saturated carbocycles. The number of aliphatic hydroxyl groups is 2. The van der Waals surface area contributed by atoms with Gasteiger partial charge in [0.2, 0.25) is 5.91 Å². The zero-order chi connectivity index (χ0) is 41.0. The molecule has 3 atom stereocenters. The summed E-state index contributed by atoms with van der Waals surface area (Å²) in [7, 11) is 0. The standard InChI is InChI=1S/C50H95NO5/c1-4-7-10-13-16-18-20-22-23-24-25-26-27-29-31-34-37-40-43-50(55)56-46(41-38-35-32-15-12-9-6-3)44-49(54)51-47(45-52)48(53)42-39-36-33-30-28-21-19-17-14-11-8-5-2/h23-26,46-48,52-53H,4-22,27-45H2,1-3H3,(H,51,54)/b24-23+,26-25+. The number of ether oxygens (including phenoxy) is 1. The third kappa shape index (κ3) is 39.2. The molecule has 0 saturated heterocycles. The lowest BCUT2D eigenvalue weighted by molar-refractivity contribution is -0.151. The van der Waals surface area contributed by atoms with Crippen LogP contribution in [0.4, 0.5) is 0 Å². The van der Waals surface area contributed by atoms with Gasteiger partial charge in [-0.05, 0) is 51.4 Å². The Bertz CT molecular complexity index is 889. The molecule has 6 nitrogen and oxygen atoms in total. The van der Waals surface area contributed by atoms with E-state index in [9.17, 15) is 19.8 Å². The number of allylic oxidation sites excluding steroid dienone is 4. The third-order valence-corrected chi connectivity index (χ3v) is 11.3. The normalized spacial score (nSPS) is 13.4. The van der Waals surface area contributed by atoms with E-state index in [-0.39, 0.29) is 24.9 Å². The third-order valence-electron chi connectivity index (χ3n) is 11.3. The molecule has 0 heterocycles. The summed E-state index contributed by atoms with van der Waals surface area (Å²) in [5.74, 6) is -0.487. The second kappa shape index (κ2) is 44.4. The summed E-state index contributed by atoms with van der Waals surface area (Å²) in [4.78, 5) is 25.9. The van der Waals surface area contributed by atoms with Crippen molar-refractivity contribution in [3.05, 3.63) is 24.3 Å². The van der Waals surface area contributed by atoms with Gasteiger partial charge in [0.05, 0.1) is 25.2 Å². The summed E-state index contributed by atoms with van der Waals surface area (Å²) in [5.41, 5.74) is 0. The Balaban J connectivity index is 4.39. The molecule has 0 rings (SSSR count). The van der Waals surface area contributed by atoms with Crippen molar-refractivity contribution >= 4 is 11.9 Å². The largest absolute Gasteiger partial charge is 0.462 e. The molecule has 6 heteroatoms. The Morgan fingerprint density at radius 3 is 1.32 bits per heavy atom. The number of unbranched alkanes of at least 4 members (excludes halogenated alkanes) is 29. The van der Waals surface area contributed by atoms with Crippen molar-refractivity contribution in [1.82, 2.24) is 5.32 Å². The lowest BCUT2D eigenvalue weighted by Crippen LogP contribution is -2.46. The van der Waals surface area contributed by atoms with Gasteiger partial charge >= 0.3 is 5.97 Å². The van der Waals surface area contributed by atoms with Crippen LogP contribution in [0.3, 0.4) is 0 Å². The van der Waals surface area contributed by atoms with Gasteiger partial charge in [0, 0.05) is 6.42 Å². The zero-order valence-corrected chi connectivity index (χ0v) is 37.5. The van der Waals surface area contributed by atoms with E-state index < -0.39 is 18.2 Å². The molecule has 0 aliphatic rings. The molecule has 0 aliphatic carbocycles. The van der Waals surface area contributed by atoms with Gasteiger partial charge in [0.25, 0.3) is 0 Å². The van der Waals surface area contributed by atoms with Crippen LogP contribution in [0.15, 0.2) is 24.3 Å². The van der Waals surface area contributed by atoms with E-state index in [4.69, 9.17) is 4.74 Å². The summed E-state index contributed by atoms with van der Waals surface area (Å²) in [6.45, 7) is 6.44. The first-order chi connectivity index (χ1) is 27.5. The number of amides is 1. The number of nitrogens with one attached hydrogen (secondary N) is 1. The molecule has 3 unspecified atom stereocenters. The van der Waals surface area contributed by atoms with Crippen molar-refractivity contribution in [2.24, 2.45) is 0 Å². The molecule has 0 aromatic rings. The van der Waals surface area contributed by atoms with Gasteiger partial charge in [-0.25, -0.2) is 0 Å². The summed E-state index contributed by atoms with van der Waals surface area (Å²) < 4.78 is 5.88. The number of carbonyl (C=O) groups excluding carboxylic acids is 2. The fraction of sp³-hybridized carbons (Fsp3) is 0.880. The first-order valence-corrected chi connectivity index (χ1v) is 24.6. The predicted octanol–water partition coefficient (Wildman–Crippen LogP) is 14.3. The molecule has 0 spiro atoms. The molecule has 1 amide bonds. The Kier molecular flexibility index (Phi) is 43.1. The molecule has 330 valence electrons. The Labute approximate surface area is 348 Å². The molecule has 0 fully saturated rings. The van der Waals surface area contributed by atoms with E-state index in [1.54, 1.807) is 0 Å². The minimum absolute atomic E-state index is 0.0746. The molecule has 0 aliphatic heterocycles. The fourth-order valence-corrected chi connectivity index (χ4v) is 7.54. The van der Waals surface area contributed by atoms with Crippen molar-refractivity contribution < 1.29 is 24.5 Å². The molecule has 3 N–H and O–H groups in total. The van der Waals surface area contributed by atoms with Crippen LogP contribution in [0.5, 0.6) is 0 Å². The van der Waals surface area contributed by atoms with Crippen molar-refractivity contribution in [2.75, 3.05) is 6.61 Å². The molecule has 0 aromatic heterocycles. The monoisotopic (exact) mass is 790 g/mol. The highest BCUT2D eigenvalue weighted by atomic mass is 16.5. The number of hydrogen-bond acceptors (Lipinski definition) is 5. The topological polar surface area (TPSA) is 95.9 Å². The second-order valence-corrected chi connectivity index (χ2v) is 16.9.